The van der Waals surface area contributed by atoms with Crippen LogP contribution in [0.2, 0.25) is 0 Å². The van der Waals surface area contributed by atoms with Gasteiger partial charge in [0.2, 0.25) is 11.8 Å². The average Bonchev–Trinajstić information content (AvgIpc) is 3.22. The van der Waals surface area contributed by atoms with Gasteiger partial charge in [0.05, 0.1) is 18.2 Å². The molecule has 1 N–H and O–H groups in total. The molecule has 1 saturated heterocycles. The maximum Gasteiger partial charge on any atom is 0.230 e. The Bertz CT molecular complexity index is 892. The zero-order chi connectivity index (χ0) is 18.1. The molecule has 0 unspecified atom stereocenters. The molecule has 6 heteroatoms. The summed E-state index contributed by atoms with van der Waals surface area (Å²) in [6.07, 6.45) is 0.402. The number of para-hydroxylation sites is 1. The molecule has 0 aliphatic carbocycles. The van der Waals surface area contributed by atoms with Crippen molar-refractivity contribution >= 4 is 10.9 Å². The summed E-state index contributed by atoms with van der Waals surface area (Å²) in [4.78, 5) is 6.91. The average molecular weight is 352 g/mol. The largest absolute Gasteiger partial charge is 0.424 e. The molecular weight excluding hydrogens is 328 g/mol. The first kappa shape index (κ1) is 17.1. The van der Waals surface area contributed by atoms with Crippen molar-refractivity contribution in [2.24, 2.45) is 5.92 Å². The molecule has 1 fully saturated rings. The van der Waals surface area contributed by atoms with E-state index in [9.17, 15) is 5.11 Å². The summed E-state index contributed by atoms with van der Waals surface area (Å²) < 4.78 is 5.69. The van der Waals surface area contributed by atoms with Crippen molar-refractivity contribution in [1.29, 1.82) is 0 Å². The molecule has 0 radical (unpaired) electrons. The molecule has 1 aromatic carbocycles. The van der Waals surface area contributed by atoms with Crippen LogP contribution in [0.5, 0.6) is 0 Å². The van der Waals surface area contributed by atoms with Gasteiger partial charge in [-0.15, -0.1) is 10.2 Å². The van der Waals surface area contributed by atoms with Crippen LogP contribution in [0.3, 0.4) is 0 Å². The second kappa shape index (κ2) is 7.13. The number of hydrogen-bond donors (Lipinski definition) is 1. The van der Waals surface area contributed by atoms with E-state index in [2.05, 4.69) is 33.3 Å². The summed E-state index contributed by atoms with van der Waals surface area (Å²) >= 11 is 0. The standard InChI is InChI=1S/C20H24N4O2/c1-13(2)20-23-22-19(26-20)12-24-10-15(18(25)11-24)9-16-8-7-14-5-3-4-6-17(14)21-16/h3-8,13,15,18,25H,9-12H2,1-2H3/t15-,18-/m1/s1. The van der Waals surface area contributed by atoms with Gasteiger partial charge in [-0.3, -0.25) is 9.88 Å². The van der Waals surface area contributed by atoms with Crippen LogP contribution >= 0.6 is 0 Å². The van der Waals surface area contributed by atoms with Gasteiger partial charge in [-0.2, -0.15) is 0 Å². The molecule has 2 aromatic heterocycles. The van der Waals surface area contributed by atoms with E-state index in [4.69, 9.17) is 9.40 Å². The first-order valence-corrected chi connectivity index (χ1v) is 9.16. The molecule has 4 rings (SSSR count). The van der Waals surface area contributed by atoms with Gasteiger partial charge in [-0.05, 0) is 18.6 Å². The van der Waals surface area contributed by atoms with Gasteiger partial charge >= 0.3 is 0 Å². The highest BCUT2D eigenvalue weighted by Gasteiger charge is 2.32. The number of fused-ring (bicyclic) bond motifs is 1. The van der Waals surface area contributed by atoms with Crippen molar-refractivity contribution in [3.63, 3.8) is 0 Å². The van der Waals surface area contributed by atoms with Crippen LogP contribution in [-0.2, 0) is 13.0 Å². The van der Waals surface area contributed by atoms with E-state index in [1.165, 1.54) is 0 Å². The molecule has 0 saturated carbocycles. The second-order valence-corrected chi connectivity index (χ2v) is 7.41. The predicted octanol–water partition coefficient (Wildman–Crippen LogP) is 2.78. The molecule has 0 amide bonds. The Morgan fingerprint density at radius 1 is 1.15 bits per heavy atom. The molecule has 1 aliphatic rings. The highest BCUT2D eigenvalue weighted by molar-refractivity contribution is 5.78. The fraction of sp³-hybridized carbons (Fsp3) is 0.450. The predicted molar refractivity (Wildman–Crippen MR) is 98.6 cm³/mol. The number of aromatic nitrogens is 3. The summed E-state index contributed by atoms with van der Waals surface area (Å²) in [6, 6.07) is 12.3. The number of aliphatic hydroxyl groups is 1. The molecule has 3 heterocycles. The number of likely N-dealkylation sites (tertiary alicyclic amines) is 1. The monoisotopic (exact) mass is 352 g/mol. The number of pyridine rings is 1. The topological polar surface area (TPSA) is 75.3 Å². The van der Waals surface area contributed by atoms with Crippen molar-refractivity contribution < 1.29 is 9.52 Å². The van der Waals surface area contributed by atoms with Gasteiger partial charge in [-0.1, -0.05) is 38.1 Å². The Morgan fingerprint density at radius 3 is 2.81 bits per heavy atom. The van der Waals surface area contributed by atoms with Crippen LogP contribution in [0.25, 0.3) is 10.9 Å². The van der Waals surface area contributed by atoms with Gasteiger partial charge in [0.1, 0.15) is 0 Å². The fourth-order valence-corrected chi connectivity index (χ4v) is 3.52. The van der Waals surface area contributed by atoms with E-state index >= 15 is 0 Å². The van der Waals surface area contributed by atoms with Crippen LogP contribution in [0, 0.1) is 5.92 Å². The summed E-state index contributed by atoms with van der Waals surface area (Å²) in [5, 5.41) is 19.8. The quantitative estimate of drug-likeness (QED) is 0.761. The number of hydrogen-bond acceptors (Lipinski definition) is 6. The SMILES string of the molecule is CC(C)c1nnc(CN2C[C@@H](Cc3ccc4ccccc4n3)[C@H](O)C2)o1. The molecule has 1 aliphatic heterocycles. The van der Waals surface area contributed by atoms with Gasteiger partial charge < -0.3 is 9.52 Å². The molecule has 6 nitrogen and oxygen atoms in total. The van der Waals surface area contributed by atoms with Crippen molar-refractivity contribution in [1.82, 2.24) is 20.1 Å². The molecule has 3 aromatic rings. The van der Waals surface area contributed by atoms with E-state index in [1.54, 1.807) is 0 Å². The third kappa shape index (κ3) is 3.61. The molecular formula is C20H24N4O2. The Morgan fingerprint density at radius 2 is 2.00 bits per heavy atom. The highest BCUT2D eigenvalue weighted by atomic mass is 16.4. The van der Waals surface area contributed by atoms with Gasteiger partial charge in [0.25, 0.3) is 0 Å². The third-order valence-corrected chi connectivity index (χ3v) is 4.94. The van der Waals surface area contributed by atoms with Crippen LogP contribution in [0.4, 0.5) is 0 Å². The zero-order valence-electron chi connectivity index (χ0n) is 15.2. The Kier molecular flexibility index (Phi) is 4.70. The van der Waals surface area contributed by atoms with Crippen LogP contribution in [0.15, 0.2) is 40.8 Å². The van der Waals surface area contributed by atoms with Crippen molar-refractivity contribution in [2.45, 2.75) is 38.8 Å². The normalized spacial score (nSPS) is 21.1. The Hall–Kier alpha value is -2.31. The lowest BCUT2D eigenvalue weighted by Gasteiger charge is -2.14. The van der Waals surface area contributed by atoms with Crippen molar-refractivity contribution in [3.8, 4) is 0 Å². The Labute approximate surface area is 152 Å². The minimum absolute atomic E-state index is 0.163. The molecule has 0 spiro atoms. The number of β-amino-alcohol motifs (C(OH)–C–C–N with tert-alkyl or cyclic N) is 1. The third-order valence-electron chi connectivity index (χ3n) is 4.94. The molecule has 2 atom stereocenters. The van der Waals surface area contributed by atoms with E-state index < -0.39 is 0 Å². The minimum atomic E-state index is -0.365. The number of nitrogens with zero attached hydrogens (tertiary/aromatic N) is 4. The fourth-order valence-electron chi connectivity index (χ4n) is 3.52. The lowest BCUT2D eigenvalue weighted by Crippen LogP contribution is -2.21. The van der Waals surface area contributed by atoms with Crippen molar-refractivity contribution in [3.05, 3.63) is 53.9 Å². The maximum atomic E-state index is 10.5. The summed E-state index contributed by atoms with van der Waals surface area (Å²) in [5.41, 5.74) is 2.02. The smallest absolute Gasteiger partial charge is 0.230 e. The molecule has 0 bridgehead atoms. The van der Waals surface area contributed by atoms with Gasteiger partial charge in [-0.25, -0.2) is 0 Å². The zero-order valence-corrected chi connectivity index (χ0v) is 15.2. The molecule has 26 heavy (non-hydrogen) atoms. The highest BCUT2D eigenvalue weighted by Crippen LogP contribution is 2.24. The van der Waals surface area contributed by atoms with Gasteiger partial charge in [0.15, 0.2) is 0 Å². The van der Waals surface area contributed by atoms with E-state index in [1.807, 2.05) is 32.0 Å². The second-order valence-electron chi connectivity index (χ2n) is 7.41. The molecule has 136 valence electrons. The maximum absolute atomic E-state index is 10.5. The first-order valence-electron chi connectivity index (χ1n) is 9.16. The summed E-state index contributed by atoms with van der Waals surface area (Å²) in [6.45, 7) is 6.07. The number of aliphatic hydroxyl groups excluding tert-OH is 1. The van der Waals surface area contributed by atoms with Gasteiger partial charge in [0, 0.05) is 36.0 Å². The van der Waals surface area contributed by atoms with E-state index in [0.29, 0.717) is 24.9 Å². The van der Waals surface area contributed by atoms with Crippen molar-refractivity contribution in [2.75, 3.05) is 13.1 Å². The minimum Gasteiger partial charge on any atom is -0.424 e. The number of benzene rings is 1. The van der Waals surface area contributed by atoms with Crippen LogP contribution in [0.1, 0.15) is 37.2 Å². The summed E-state index contributed by atoms with van der Waals surface area (Å²) in [7, 11) is 0. The lowest BCUT2D eigenvalue weighted by molar-refractivity contribution is 0.139. The lowest BCUT2D eigenvalue weighted by atomic mass is 9.99. The summed E-state index contributed by atoms with van der Waals surface area (Å²) in [5.74, 6) is 1.67. The Balaban J connectivity index is 1.41. The van der Waals surface area contributed by atoms with E-state index in [-0.39, 0.29) is 17.9 Å². The number of rotatable bonds is 5. The van der Waals surface area contributed by atoms with Crippen LogP contribution < -0.4 is 0 Å². The first-order chi connectivity index (χ1) is 12.6. The van der Waals surface area contributed by atoms with Crippen LogP contribution in [-0.4, -0.2) is 44.4 Å². The van der Waals surface area contributed by atoms with E-state index in [0.717, 1.165) is 29.6 Å².